The van der Waals surface area contributed by atoms with E-state index in [0.29, 0.717) is 0 Å². The molecule has 1 atom stereocenters. The first kappa shape index (κ1) is 26.1. The molecule has 2 aliphatic carbocycles. The summed E-state index contributed by atoms with van der Waals surface area (Å²) in [5.74, 6) is 0. The summed E-state index contributed by atoms with van der Waals surface area (Å²) in [6.07, 6.45) is 8.28. The highest BCUT2D eigenvalue weighted by Gasteiger charge is 2.35. The minimum atomic E-state index is -0.198. The Labute approximate surface area is 272 Å². The fraction of sp³-hybridized carbons (Fsp3) is 0.0227. The maximum atomic E-state index is 6.27. The Hall–Kier alpha value is -6.19. The molecule has 6 aromatic carbocycles. The number of ether oxygens (including phenoxy) is 1. The van der Waals surface area contributed by atoms with Gasteiger partial charge in [0.1, 0.15) is 6.26 Å². The van der Waals surface area contributed by atoms with Crippen molar-refractivity contribution in [1.82, 2.24) is 4.57 Å². The third-order valence-electron chi connectivity index (χ3n) is 9.80. The summed E-state index contributed by atoms with van der Waals surface area (Å²) in [6, 6.07) is 52.6. The van der Waals surface area contributed by atoms with E-state index in [-0.39, 0.29) is 6.10 Å². The molecule has 220 valence electrons. The number of hydrogen-bond donors (Lipinski definition) is 0. The van der Waals surface area contributed by atoms with Crippen LogP contribution in [0.1, 0.15) is 11.1 Å². The maximum Gasteiger partial charge on any atom is 0.233 e. The van der Waals surface area contributed by atoms with Gasteiger partial charge in [0.15, 0.2) is 0 Å². The van der Waals surface area contributed by atoms with Crippen LogP contribution in [-0.4, -0.2) is 21.0 Å². The Balaban J connectivity index is 1.27. The van der Waals surface area contributed by atoms with Crippen molar-refractivity contribution in [1.29, 1.82) is 0 Å². The molecule has 1 aliphatic heterocycles. The van der Waals surface area contributed by atoms with Gasteiger partial charge in [-0.3, -0.25) is 0 Å². The molecule has 7 aromatic rings. The molecule has 3 heteroatoms. The van der Waals surface area contributed by atoms with E-state index in [0.717, 1.165) is 17.1 Å². The van der Waals surface area contributed by atoms with Gasteiger partial charge in [-0.05, 0) is 74.9 Å². The quantitative estimate of drug-likeness (QED) is 0.180. The molecule has 0 spiro atoms. The molecule has 1 unspecified atom stereocenters. The molecular formula is C44H29N2O+. The van der Waals surface area contributed by atoms with Crippen molar-refractivity contribution in [3.8, 4) is 27.9 Å². The monoisotopic (exact) mass is 601 g/mol. The zero-order valence-corrected chi connectivity index (χ0v) is 25.5. The Bertz CT molecular complexity index is 2490. The summed E-state index contributed by atoms with van der Waals surface area (Å²) in [6.45, 7) is 0. The topological polar surface area (TPSA) is 17.2 Å². The molecular weight excluding hydrogens is 572 g/mol. The van der Waals surface area contributed by atoms with Crippen molar-refractivity contribution in [2.45, 2.75) is 6.10 Å². The molecule has 0 saturated heterocycles. The average Bonchev–Trinajstić information content (AvgIpc) is 3.48. The standard InChI is InChI=1S/C44H29N2O/c1-2-12-29(13-3-1)45-24-25-47-44-28-40-32-15-5-4-14-31(32)35-23-22-30(26-38(35)33-16-6-7-17-34(33)39(40)27-43(44)45)46-41-20-10-8-18-36(41)37-19-9-11-21-42(37)46/h1-28,44H/q+1. The van der Waals surface area contributed by atoms with E-state index in [1.165, 1.54) is 66.3 Å². The van der Waals surface area contributed by atoms with Crippen molar-refractivity contribution in [2.75, 3.05) is 0 Å². The van der Waals surface area contributed by atoms with Crippen molar-refractivity contribution in [3.05, 3.63) is 181 Å². The van der Waals surface area contributed by atoms with E-state index < -0.39 is 0 Å². The van der Waals surface area contributed by atoms with E-state index in [9.17, 15) is 0 Å². The van der Waals surface area contributed by atoms with E-state index in [4.69, 9.17) is 4.74 Å². The number of nitrogens with zero attached hydrogens (tertiary/aromatic N) is 2. The van der Waals surface area contributed by atoms with Gasteiger partial charge in [-0.15, -0.1) is 0 Å². The van der Waals surface area contributed by atoms with Crippen LogP contribution >= 0.6 is 0 Å². The molecule has 0 N–H and O–H groups in total. The molecule has 0 fully saturated rings. The van der Waals surface area contributed by atoms with Gasteiger partial charge >= 0.3 is 0 Å². The van der Waals surface area contributed by atoms with Crippen LogP contribution in [0.3, 0.4) is 0 Å². The second-order valence-electron chi connectivity index (χ2n) is 12.3. The van der Waals surface area contributed by atoms with Crippen molar-refractivity contribution >= 4 is 44.4 Å². The summed E-state index contributed by atoms with van der Waals surface area (Å²) in [4.78, 5) is 0. The van der Waals surface area contributed by atoms with Gasteiger partial charge in [0.2, 0.25) is 23.7 Å². The second kappa shape index (κ2) is 10.2. The number of aromatic nitrogens is 1. The van der Waals surface area contributed by atoms with Crippen LogP contribution in [0.5, 0.6) is 0 Å². The van der Waals surface area contributed by atoms with Crippen LogP contribution in [0.2, 0.25) is 0 Å². The first-order chi connectivity index (χ1) is 23.3. The minimum absolute atomic E-state index is 0.198. The van der Waals surface area contributed by atoms with Crippen LogP contribution in [0.25, 0.3) is 60.9 Å². The molecule has 1 aromatic heterocycles. The van der Waals surface area contributed by atoms with Gasteiger partial charge in [-0.1, -0.05) is 109 Å². The van der Waals surface area contributed by atoms with Crippen LogP contribution in [0.4, 0.5) is 5.69 Å². The summed E-state index contributed by atoms with van der Waals surface area (Å²) in [5.41, 5.74) is 15.5. The lowest BCUT2D eigenvalue weighted by atomic mass is 9.76. The van der Waals surface area contributed by atoms with E-state index in [2.05, 4.69) is 167 Å². The lowest BCUT2D eigenvalue weighted by Gasteiger charge is -2.29. The number of fused-ring (bicyclic) bond motifs is 12. The summed E-state index contributed by atoms with van der Waals surface area (Å²) in [5, 5.41) is 2.53. The fourth-order valence-corrected chi connectivity index (χ4v) is 7.73. The summed E-state index contributed by atoms with van der Waals surface area (Å²) >= 11 is 0. The lowest BCUT2D eigenvalue weighted by molar-refractivity contribution is -0.370. The Morgan fingerprint density at radius 1 is 0.511 bits per heavy atom. The van der Waals surface area contributed by atoms with Gasteiger partial charge < -0.3 is 9.30 Å². The zero-order valence-electron chi connectivity index (χ0n) is 25.5. The average molecular weight is 602 g/mol. The van der Waals surface area contributed by atoms with Crippen LogP contribution in [0.15, 0.2) is 170 Å². The van der Waals surface area contributed by atoms with E-state index >= 15 is 0 Å². The van der Waals surface area contributed by atoms with Crippen molar-refractivity contribution in [2.24, 2.45) is 0 Å². The summed E-state index contributed by atoms with van der Waals surface area (Å²) < 4.78 is 10.9. The number of para-hydroxylation sites is 3. The Morgan fingerprint density at radius 3 is 1.81 bits per heavy atom. The predicted molar refractivity (Wildman–Crippen MR) is 193 cm³/mol. The van der Waals surface area contributed by atoms with Gasteiger partial charge in [0.05, 0.1) is 11.0 Å². The van der Waals surface area contributed by atoms with Crippen LogP contribution < -0.4 is 0 Å². The van der Waals surface area contributed by atoms with Gasteiger partial charge in [0, 0.05) is 34.7 Å². The highest BCUT2D eigenvalue weighted by Crippen LogP contribution is 2.49. The number of hydrogen-bond acceptors (Lipinski definition) is 1. The maximum absolute atomic E-state index is 6.27. The number of allylic oxidation sites excluding steroid dienone is 2. The normalized spacial score (nSPS) is 16.1. The molecule has 3 nitrogen and oxygen atoms in total. The van der Waals surface area contributed by atoms with Gasteiger partial charge in [-0.25, -0.2) is 0 Å². The molecule has 0 radical (unpaired) electrons. The zero-order chi connectivity index (χ0) is 30.9. The first-order valence-electron chi connectivity index (χ1n) is 16.1. The molecule has 47 heavy (non-hydrogen) atoms. The Kier molecular flexibility index (Phi) is 5.64. The molecule has 3 aliphatic rings. The number of benzene rings is 6. The van der Waals surface area contributed by atoms with Crippen molar-refractivity contribution in [3.63, 3.8) is 0 Å². The second-order valence-corrected chi connectivity index (χ2v) is 12.3. The third-order valence-corrected chi connectivity index (χ3v) is 9.80. The predicted octanol–water partition coefficient (Wildman–Crippen LogP) is 10.6. The molecule has 10 rings (SSSR count). The summed E-state index contributed by atoms with van der Waals surface area (Å²) in [7, 11) is 0. The number of rotatable bonds is 2. The van der Waals surface area contributed by atoms with Crippen LogP contribution in [-0.2, 0) is 4.74 Å². The lowest BCUT2D eigenvalue weighted by Crippen LogP contribution is -2.31. The fourth-order valence-electron chi connectivity index (χ4n) is 7.73. The SMILES string of the molecule is C1=C[N+](c2ccccc2)=C2C=C3C(=CC2O1)c1ccccc1-c1ccc(-n2c4ccccc4c4ccccc42)cc1-c1ccccc13. The van der Waals surface area contributed by atoms with E-state index in [1.807, 2.05) is 12.5 Å². The van der Waals surface area contributed by atoms with Crippen LogP contribution in [0, 0.1) is 0 Å². The third kappa shape index (κ3) is 3.90. The van der Waals surface area contributed by atoms with E-state index in [1.54, 1.807) is 0 Å². The minimum Gasteiger partial charge on any atom is -0.477 e. The molecule has 0 bridgehead atoms. The highest BCUT2D eigenvalue weighted by molar-refractivity contribution is 6.22. The van der Waals surface area contributed by atoms with Gasteiger partial charge in [-0.2, -0.15) is 4.58 Å². The molecule has 2 heterocycles. The largest absolute Gasteiger partial charge is 0.477 e. The smallest absolute Gasteiger partial charge is 0.233 e. The first-order valence-corrected chi connectivity index (χ1v) is 16.1. The molecule has 0 saturated carbocycles. The van der Waals surface area contributed by atoms with Gasteiger partial charge in [0.25, 0.3) is 0 Å². The molecule has 0 amide bonds. The Morgan fingerprint density at radius 2 is 1.09 bits per heavy atom. The highest BCUT2D eigenvalue weighted by atomic mass is 16.5. The van der Waals surface area contributed by atoms with Crippen molar-refractivity contribution < 1.29 is 9.31 Å².